The Morgan fingerprint density at radius 2 is 1.79 bits per heavy atom. The first kappa shape index (κ1) is 26.2. The normalized spacial score (nSPS) is 14.9. The number of benzene rings is 3. The highest BCUT2D eigenvalue weighted by Gasteiger charge is 2.33. The molecule has 0 unspecified atom stereocenters. The number of aromatic nitrogens is 1. The predicted octanol–water partition coefficient (Wildman–Crippen LogP) is 4.39. The van der Waals surface area contributed by atoms with Crippen LogP contribution in [0.15, 0.2) is 99.9 Å². The third-order valence-electron chi connectivity index (χ3n) is 6.35. The number of nitrogens with zero attached hydrogens (tertiary/aromatic N) is 2. The zero-order valence-electron chi connectivity index (χ0n) is 21.9. The molecule has 4 aromatic rings. The van der Waals surface area contributed by atoms with Crippen LogP contribution in [-0.2, 0) is 16.1 Å². The van der Waals surface area contributed by atoms with Crippen molar-refractivity contribution in [1.29, 1.82) is 0 Å². The van der Waals surface area contributed by atoms with Crippen molar-refractivity contribution in [3.8, 4) is 11.5 Å². The summed E-state index contributed by atoms with van der Waals surface area (Å²) >= 11 is 1.29. The van der Waals surface area contributed by atoms with Crippen LogP contribution in [0.25, 0.3) is 6.08 Å². The molecule has 0 saturated carbocycles. The van der Waals surface area contributed by atoms with Crippen LogP contribution in [0.2, 0.25) is 0 Å². The Hall–Kier alpha value is -4.43. The van der Waals surface area contributed by atoms with E-state index in [1.807, 2.05) is 84.9 Å². The number of rotatable bonds is 8. The molecule has 0 aliphatic carbocycles. The number of allylic oxidation sites excluding steroid dienone is 1. The number of fused-ring (bicyclic) bond motifs is 1. The number of thiazole rings is 1. The summed E-state index contributed by atoms with van der Waals surface area (Å²) in [6.07, 6.45) is 1.83. The number of carbonyl (C=O) groups excluding carboxylic acids is 1. The highest BCUT2D eigenvalue weighted by atomic mass is 32.1. The van der Waals surface area contributed by atoms with E-state index in [0.29, 0.717) is 38.7 Å². The van der Waals surface area contributed by atoms with Crippen molar-refractivity contribution in [2.45, 2.75) is 26.5 Å². The van der Waals surface area contributed by atoms with Gasteiger partial charge in [0.15, 0.2) is 4.80 Å². The summed E-state index contributed by atoms with van der Waals surface area (Å²) < 4.78 is 18.7. The van der Waals surface area contributed by atoms with E-state index in [9.17, 15) is 9.59 Å². The molecule has 2 heterocycles. The van der Waals surface area contributed by atoms with Crippen LogP contribution in [0.1, 0.15) is 36.6 Å². The van der Waals surface area contributed by atoms with Gasteiger partial charge in [-0.1, -0.05) is 65.9 Å². The van der Waals surface area contributed by atoms with E-state index in [4.69, 9.17) is 14.2 Å². The molecule has 0 fully saturated rings. The number of hydrogen-bond donors (Lipinski definition) is 0. The van der Waals surface area contributed by atoms with Crippen molar-refractivity contribution < 1.29 is 19.0 Å². The van der Waals surface area contributed by atoms with Crippen molar-refractivity contribution in [2.24, 2.45) is 4.99 Å². The number of methoxy groups -OCH3 is 1. The lowest BCUT2D eigenvalue weighted by molar-refractivity contribution is -0.139. The Morgan fingerprint density at radius 3 is 2.51 bits per heavy atom. The van der Waals surface area contributed by atoms with Crippen LogP contribution in [0.3, 0.4) is 0 Å². The average Bonchev–Trinajstić information content (AvgIpc) is 3.26. The van der Waals surface area contributed by atoms with E-state index < -0.39 is 12.0 Å². The first-order chi connectivity index (χ1) is 19.0. The summed E-state index contributed by atoms with van der Waals surface area (Å²) in [5.74, 6) is 0.896. The molecular formula is C31H28N2O5S. The Morgan fingerprint density at radius 1 is 1.03 bits per heavy atom. The third kappa shape index (κ3) is 5.56. The molecule has 8 heteroatoms. The van der Waals surface area contributed by atoms with Crippen LogP contribution >= 0.6 is 11.3 Å². The molecule has 3 aromatic carbocycles. The van der Waals surface area contributed by atoms with Crippen molar-refractivity contribution in [2.75, 3.05) is 13.7 Å². The van der Waals surface area contributed by atoms with Gasteiger partial charge in [-0.3, -0.25) is 9.36 Å². The number of hydrogen-bond acceptors (Lipinski definition) is 7. The molecule has 39 heavy (non-hydrogen) atoms. The lowest BCUT2D eigenvalue weighted by atomic mass is 9.96. The van der Waals surface area contributed by atoms with E-state index in [1.165, 1.54) is 11.3 Å². The fraction of sp³-hybridized carbons (Fsp3) is 0.194. The highest BCUT2D eigenvalue weighted by Crippen LogP contribution is 2.31. The Kier molecular flexibility index (Phi) is 7.74. The molecule has 0 bridgehead atoms. The van der Waals surface area contributed by atoms with E-state index in [2.05, 4.69) is 4.99 Å². The third-order valence-corrected chi connectivity index (χ3v) is 7.34. The first-order valence-corrected chi connectivity index (χ1v) is 13.4. The van der Waals surface area contributed by atoms with Gasteiger partial charge in [0.05, 0.1) is 35.6 Å². The second-order valence-corrected chi connectivity index (χ2v) is 9.93. The summed E-state index contributed by atoms with van der Waals surface area (Å²) in [6.45, 7) is 4.19. The smallest absolute Gasteiger partial charge is 0.338 e. The van der Waals surface area contributed by atoms with Crippen LogP contribution < -0.4 is 24.4 Å². The van der Waals surface area contributed by atoms with Gasteiger partial charge in [0.2, 0.25) is 0 Å². The standard InChI is InChI=1S/C31H28N2O5S/c1-4-37-30(35)27-20(2)32-31-33(28(27)23-13-15-24(36-3)16-14-23)29(34)26(39-31)18-22-11-8-12-25(17-22)38-19-21-9-6-5-7-10-21/h5-18,28H,4,19H2,1-3H3/t28-/m1/s1. The highest BCUT2D eigenvalue weighted by molar-refractivity contribution is 7.07. The molecule has 7 nitrogen and oxygen atoms in total. The minimum absolute atomic E-state index is 0.220. The van der Waals surface area contributed by atoms with Gasteiger partial charge in [0.25, 0.3) is 5.56 Å². The minimum atomic E-state index is -0.672. The van der Waals surface area contributed by atoms with E-state index in [0.717, 1.165) is 16.7 Å². The maximum Gasteiger partial charge on any atom is 0.338 e. The van der Waals surface area contributed by atoms with Crippen molar-refractivity contribution >= 4 is 23.4 Å². The Bertz CT molecular complexity index is 1700. The lowest BCUT2D eigenvalue weighted by Crippen LogP contribution is -2.39. The van der Waals surface area contributed by atoms with Gasteiger partial charge in [0, 0.05) is 0 Å². The van der Waals surface area contributed by atoms with Gasteiger partial charge in [-0.25, -0.2) is 9.79 Å². The van der Waals surface area contributed by atoms with Crippen LogP contribution in [0, 0.1) is 0 Å². The molecule has 5 rings (SSSR count). The molecule has 1 aromatic heterocycles. The molecule has 0 spiro atoms. The van der Waals surface area contributed by atoms with Crippen LogP contribution in [-0.4, -0.2) is 24.3 Å². The first-order valence-electron chi connectivity index (χ1n) is 12.6. The zero-order chi connectivity index (χ0) is 27.4. The van der Waals surface area contributed by atoms with Crippen molar-refractivity contribution in [1.82, 2.24) is 4.57 Å². The summed E-state index contributed by atoms with van der Waals surface area (Å²) in [6, 6.07) is 24.2. The molecule has 0 amide bonds. The molecule has 1 aliphatic rings. The SMILES string of the molecule is CCOC(=O)C1=C(C)N=c2sc(=Cc3cccc(OCc4ccccc4)c3)c(=O)n2[C@@H]1c1ccc(OC)cc1. The summed E-state index contributed by atoms with van der Waals surface area (Å²) in [5.41, 5.74) is 3.30. The lowest BCUT2D eigenvalue weighted by Gasteiger charge is -2.24. The largest absolute Gasteiger partial charge is 0.497 e. The molecule has 198 valence electrons. The van der Waals surface area contributed by atoms with Gasteiger partial charge in [-0.2, -0.15) is 0 Å². The number of ether oxygens (including phenoxy) is 3. The van der Waals surface area contributed by atoms with Gasteiger partial charge in [-0.15, -0.1) is 0 Å². The van der Waals surface area contributed by atoms with Crippen LogP contribution in [0.4, 0.5) is 0 Å². The van der Waals surface area contributed by atoms with Gasteiger partial charge >= 0.3 is 5.97 Å². The van der Waals surface area contributed by atoms with E-state index in [1.54, 1.807) is 25.5 Å². The number of esters is 1. The summed E-state index contributed by atoms with van der Waals surface area (Å²) in [7, 11) is 1.59. The Balaban J connectivity index is 1.55. The summed E-state index contributed by atoms with van der Waals surface area (Å²) in [5, 5.41) is 0. The monoisotopic (exact) mass is 540 g/mol. The number of carbonyl (C=O) groups is 1. The second kappa shape index (κ2) is 11.5. The molecule has 0 N–H and O–H groups in total. The second-order valence-electron chi connectivity index (χ2n) is 8.92. The average molecular weight is 541 g/mol. The fourth-order valence-corrected chi connectivity index (χ4v) is 5.53. The quantitative estimate of drug-likeness (QED) is 0.310. The van der Waals surface area contributed by atoms with Gasteiger partial charge in [-0.05, 0) is 60.9 Å². The summed E-state index contributed by atoms with van der Waals surface area (Å²) in [4.78, 5) is 32.0. The van der Waals surface area contributed by atoms with Gasteiger partial charge in [0.1, 0.15) is 18.1 Å². The zero-order valence-corrected chi connectivity index (χ0v) is 22.7. The van der Waals surface area contributed by atoms with Crippen molar-refractivity contribution in [3.63, 3.8) is 0 Å². The topological polar surface area (TPSA) is 79.1 Å². The maximum absolute atomic E-state index is 13.8. The molecule has 1 aliphatic heterocycles. The molecule has 1 atom stereocenters. The maximum atomic E-state index is 13.8. The molecule has 0 saturated heterocycles. The van der Waals surface area contributed by atoms with E-state index in [-0.39, 0.29) is 12.2 Å². The predicted molar refractivity (Wildman–Crippen MR) is 151 cm³/mol. The molecule has 0 radical (unpaired) electrons. The van der Waals surface area contributed by atoms with Gasteiger partial charge < -0.3 is 14.2 Å². The van der Waals surface area contributed by atoms with Crippen molar-refractivity contribution in [3.05, 3.63) is 127 Å². The minimum Gasteiger partial charge on any atom is -0.497 e. The van der Waals surface area contributed by atoms with Crippen LogP contribution in [0.5, 0.6) is 11.5 Å². The van der Waals surface area contributed by atoms with E-state index >= 15 is 0 Å². The fourth-order valence-electron chi connectivity index (χ4n) is 4.48. The molecular weight excluding hydrogens is 512 g/mol. The Labute approximate surface area is 229 Å².